The van der Waals surface area contributed by atoms with Crippen LogP contribution in [0.4, 0.5) is 17.1 Å². The maximum absolute atomic E-state index is 6.82. The molecule has 0 aliphatic carbocycles. The Morgan fingerprint density at radius 1 is 0.541 bits per heavy atom. The van der Waals surface area contributed by atoms with Gasteiger partial charge in [0.2, 0.25) is 0 Å². The Kier molecular flexibility index (Phi) is 7.94. The summed E-state index contributed by atoms with van der Waals surface area (Å²) in [5, 5.41) is 7.39. The van der Waals surface area contributed by atoms with Gasteiger partial charge in [-0.1, -0.05) is 109 Å². The Balaban J connectivity index is 1.42. The predicted molar refractivity (Wildman–Crippen MR) is 157 cm³/mol. The molecule has 0 spiro atoms. The minimum Gasteiger partial charge on any atom is -0.363 e. The Bertz CT molecular complexity index is 1340. The lowest BCUT2D eigenvalue weighted by Gasteiger charge is -2.26. The van der Waals surface area contributed by atoms with Crippen LogP contribution in [0, 0.1) is 0 Å². The van der Waals surface area contributed by atoms with E-state index in [-0.39, 0.29) is 0 Å². The summed E-state index contributed by atoms with van der Waals surface area (Å²) in [5.41, 5.74) is 6.40. The first kappa shape index (κ1) is 24.4. The lowest BCUT2D eigenvalue weighted by molar-refractivity contribution is 0.800. The van der Waals surface area contributed by atoms with Gasteiger partial charge in [0, 0.05) is 24.3 Å². The van der Waals surface area contributed by atoms with Crippen LogP contribution >= 0.6 is 11.6 Å². The number of hydrazone groups is 1. The van der Waals surface area contributed by atoms with Gasteiger partial charge >= 0.3 is 0 Å². The first-order chi connectivity index (χ1) is 18.3. The normalized spacial score (nSPS) is 10.9. The van der Waals surface area contributed by atoms with E-state index in [1.165, 1.54) is 11.1 Å². The predicted octanol–water partition coefficient (Wildman–Crippen LogP) is 8.72. The van der Waals surface area contributed by atoms with E-state index in [1.54, 1.807) is 0 Å². The molecule has 5 aromatic rings. The van der Waals surface area contributed by atoms with Crippen LogP contribution in [-0.2, 0) is 13.1 Å². The molecule has 37 heavy (non-hydrogen) atoms. The Morgan fingerprint density at radius 3 is 1.46 bits per heavy atom. The van der Waals surface area contributed by atoms with Crippen molar-refractivity contribution in [1.29, 1.82) is 0 Å². The molecule has 0 radical (unpaired) electrons. The van der Waals surface area contributed by atoms with Gasteiger partial charge in [-0.25, -0.2) is 5.01 Å². The molecule has 0 aliphatic rings. The molecule has 0 aliphatic heterocycles. The summed E-state index contributed by atoms with van der Waals surface area (Å²) in [4.78, 5) is 2.34. The molecular formula is C33H28ClN3. The number of rotatable bonds is 9. The number of para-hydroxylation sites is 2. The maximum atomic E-state index is 6.82. The molecule has 0 unspecified atom stereocenters. The molecule has 0 atom stereocenters. The summed E-state index contributed by atoms with van der Waals surface area (Å²) in [6.45, 7) is 1.57. The van der Waals surface area contributed by atoms with Crippen LogP contribution in [0.5, 0.6) is 0 Å². The zero-order valence-corrected chi connectivity index (χ0v) is 21.2. The topological polar surface area (TPSA) is 18.8 Å². The molecule has 5 rings (SSSR count). The van der Waals surface area contributed by atoms with E-state index in [4.69, 9.17) is 16.7 Å². The average molecular weight is 502 g/mol. The van der Waals surface area contributed by atoms with Gasteiger partial charge in [0.25, 0.3) is 0 Å². The third-order valence-electron chi connectivity index (χ3n) is 6.10. The fourth-order valence-electron chi connectivity index (χ4n) is 4.20. The molecule has 0 N–H and O–H groups in total. The van der Waals surface area contributed by atoms with E-state index >= 15 is 0 Å². The summed E-state index contributed by atoms with van der Waals surface area (Å²) in [7, 11) is 0. The molecule has 0 saturated heterocycles. The van der Waals surface area contributed by atoms with Crippen LogP contribution in [0.15, 0.2) is 145 Å². The summed E-state index contributed by atoms with van der Waals surface area (Å²) < 4.78 is 0. The average Bonchev–Trinajstić information content (AvgIpc) is 2.96. The summed E-state index contributed by atoms with van der Waals surface area (Å²) in [6.07, 6.45) is 1.82. The highest BCUT2D eigenvalue weighted by molar-refractivity contribution is 6.33. The van der Waals surface area contributed by atoms with E-state index in [2.05, 4.69) is 59.5 Å². The lowest BCUT2D eigenvalue weighted by Crippen LogP contribution is -2.22. The van der Waals surface area contributed by atoms with Crippen molar-refractivity contribution in [1.82, 2.24) is 0 Å². The highest BCUT2D eigenvalue weighted by Crippen LogP contribution is 2.28. The van der Waals surface area contributed by atoms with E-state index in [0.29, 0.717) is 5.02 Å². The van der Waals surface area contributed by atoms with Crippen molar-refractivity contribution >= 4 is 34.9 Å². The number of nitrogens with zero attached hydrogens (tertiary/aromatic N) is 3. The quantitative estimate of drug-likeness (QED) is 0.148. The van der Waals surface area contributed by atoms with E-state index in [1.807, 2.05) is 96.2 Å². The zero-order valence-electron chi connectivity index (χ0n) is 20.5. The number of anilines is 3. The van der Waals surface area contributed by atoms with Gasteiger partial charge in [0.15, 0.2) is 0 Å². The van der Waals surface area contributed by atoms with Gasteiger partial charge in [-0.15, -0.1) is 0 Å². The second-order valence-electron chi connectivity index (χ2n) is 8.76. The number of halogens is 1. The van der Waals surface area contributed by atoms with Crippen molar-refractivity contribution in [3.05, 3.63) is 161 Å². The highest BCUT2D eigenvalue weighted by Gasteiger charge is 2.12. The van der Waals surface area contributed by atoms with Crippen molar-refractivity contribution in [2.45, 2.75) is 13.1 Å². The van der Waals surface area contributed by atoms with Crippen LogP contribution < -0.4 is 9.91 Å². The molecule has 5 aromatic carbocycles. The molecule has 3 nitrogen and oxygen atoms in total. The van der Waals surface area contributed by atoms with Gasteiger partial charge in [0.05, 0.1) is 22.6 Å². The van der Waals surface area contributed by atoms with Crippen molar-refractivity contribution in [3.8, 4) is 0 Å². The van der Waals surface area contributed by atoms with Crippen LogP contribution in [0.1, 0.15) is 16.7 Å². The first-order valence-electron chi connectivity index (χ1n) is 12.3. The summed E-state index contributed by atoms with van der Waals surface area (Å²) in [5.74, 6) is 0. The van der Waals surface area contributed by atoms with Crippen molar-refractivity contribution in [2.75, 3.05) is 9.91 Å². The Hall–Kier alpha value is -4.34. The monoisotopic (exact) mass is 501 g/mol. The maximum Gasteiger partial charge on any atom is 0.0652 e. The summed E-state index contributed by atoms with van der Waals surface area (Å²) >= 11 is 6.82. The molecular weight excluding hydrogens is 474 g/mol. The Labute approximate surface area is 223 Å². The second kappa shape index (κ2) is 12.1. The van der Waals surface area contributed by atoms with Crippen LogP contribution in [0.2, 0.25) is 5.02 Å². The van der Waals surface area contributed by atoms with Gasteiger partial charge in [-0.3, -0.25) is 0 Å². The lowest BCUT2D eigenvalue weighted by atomic mass is 10.1. The third kappa shape index (κ3) is 6.46. The second-order valence-corrected chi connectivity index (χ2v) is 9.17. The molecule has 4 heteroatoms. The number of hydrogen-bond donors (Lipinski definition) is 0. The molecule has 0 bridgehead atoms. The first-order valence-corrected chi connectivity index (χ1v) is 12.7. The zero-order chi connectivity index (χ0) is 25.3. The van der Waals surface area contributed by atoms with E-state index in [0.717, 1.165) is 35.7 Å². The Morgan fingerprint density at radius 2 is 1.00 bits per heavy atom. The molecule has 0 heterocycles. The minimum absolute atomic E-state index is 0.661. The SMILES string of the molecule is Clc1cc(N(Cc2ccccc2)Cc2ccccc2)ccc1/C=N/N(c1ccccc1)c1ccccc1. The van der Waals surface area contributed by atoms with Gasteiger partial charge in [-0.2, -0.15) is 5.10 Å². The van der Waals surface area contributed by atoms with Gasteiger partial charge in [0.1, 0.15) is 0 Å². The highest BCUT2D eigenvalue weighted by atomic mass is 35.5. The van der Waals surface area contributed by atoms with Gasteiger partial charge in [-0.05, 0) is 53.6 Å². The van der Waals surface area contributed by atoms with Crippen molar-refractivity contribution < 1.29 is 0 Å². The summed E-state index contributed by atoms with van der Waals surface area (Å²) in [6, 6.07) is 47.4. The fraction of sp³-hybridized carbons (Fsp3) is 0.0606. The standard InChI is InChI=1S/C33H28ClN3/c34-33-23-32(36(25-27-13-5-1-6-14-27)26-28-15-7-2-8-16-28)22-21-29(33)24-35-37(30-17-9-3-10-18-30)31-19-11-4-12-20-31/h1-24H,25-26H2/b35-24+. The van der Waals surface area contributed by atoms with E-state index in [9.17, 15) is 0 Å². The molecule has 0 aromatic heterocycles. The van der Waals surface area contributed by atoms with Crippen molar-refractivity contribution in [3.63, 3.8) is 0 Å². The molecule has 182 valence electrons. The van der Waals surface area contributed by atoms with Crippen LogP contribution in [0.25, 0.3) is 0 Å². The van der Waals surface area contributed by atoms with Crippen LogP contribution in [0.3, 0.4) is 0 Å². The van der Waals surface area contributed by atoms with Gasteiger partial charge < -0.3 is 4.90 Å². The molecule has 0 saturated carbocycles. The fourth-order valence-corrected chi connectivity index (χ4v) is 4.43. The smallest absolute Gasteiger partial charge is 0.0652 e. The van der Waals surface area contributed by atoms with Crippen molar-refractivity contribution in [2.24, 2.45) is 5.10 Å². The van der Waals surface area contributed by atoms with Crippen LogP contribution in [-0.4, -0.2) is 6.21 Å². The number of hydrogen-bond acceptors (Lipinski definition) is 3. The molecule has 0 fully saturated rings. The largest absolute Gasteiger partial charge is 0.363 e. The minimum atomic E-state index is 0.661. The van der Waals surface area contributed by atoms with E-state index < -0.39 is 0 Å². The third-order valence-corrected chi connectivity index (χ3v) is 6.42. The number of benzene rings is 5. The molecule has 0 amide bonds.